The van der Waals surface area contributed by atoms with Gasteiger partial charge in [-0.05, 0) is 12.5 Å². The molecule has 1 atom stereocenters. The molecule has 0 aliphatic rings. The van der Waals surface area contributed by atoms with Gasteiger partial charge in [-0.2, -0.15) is 0 Å². The van der Waals surface area contributed by atoms with E-state index in [9.17, 15) is 4.39 Å². The molecule has 0 saturated carbocycles. The molecule has 16 heavy (non-hydrogen) atoms. The summed E-state index contributed by atoms with van der Waals surface area (Å²) in [7, 11) is 3.05. The second-order valence-corrected chi connectivity index (χ2v) is 3.79. The Labute approximate surface area is 95.4 Å². The van der Waals surface area contributed by atoms with Gasteiger partial charge in [0.05, 0.1) is 19.3 Å². The lowest BCUT2D eigenvalue weighted by Gasteiger charge is -2.28. The zero-order chi connectivity index (χ0) is 12.2. The van der Waals surface area contributed by atoms with Gasteiger partial charge in [0.25, 0.3) is 0 Å². The van der Waals surface area contributed by atoms with E-state index in [0.29, 0.717) is 17.7 Å². The highest BCUT2D eigenvalue weighted by Gasteiger charge is 2.28. The van der Waals surface area contributed by atoms with Crippen molar-refractivity contribution in [1.82, 2.24) is 0 Å². The van der Waals surface area contributed by atoms with Gasteiger partial charge in [0, 0.05) is 18.7 Å². The molecule has 0 aromatic heterocycles. The first kappa shape index (κ1) is 12.9. The minimum absolute atomic E-state index is 0.284. The summed E-state index contributed by atoms with van der Waals surface area (Å²) in [6, 6.07) is 4.68. The van der Waals surface area contributed by atoms with Crippen molar-refractivity contribution in [3.8, 4) is 5.75 Å². The Hall–Kier alpha value is -1.13. The second kappa shape index (κ2) is 5.27. The number of halogens is 1. The molecule has 0 heterocycles. The molecule has 1 rings (SSSR count). The van der Waals surface area contributed by atoms with Crippen LogP contribution in [0.3, 0.4) is 0 Å². The summed E-state index contributed by atoms with van der Waals surface area (Å²) in [6.45, 7) is 2.19. The number of hydrogen-bond donors (Lipinski definition) is 1. The lowest BCUT2D eigenvalue weighted by molar-refractivity contribution is 0.127. The molecule has 0 bridgehead atoms. The summed E-state index contributed by atoms with van der Waals surface area (Å²) in [4.78, 5) is 0. The third-order valence-electron chi connectivity index (χ3n) is 2.75. The number of nitrogens with two attached hydrogens (primary N) is 1. The number of ether oxygens (including phenoxy) is 2. The fraction of sp³-hybridized carbons (Fsp3) is 0.500. The number of methoxy groups -OCH3 is 2. The van der Waals surface area contributed by atoms with E-state index in [-0.39, 0.29) is 12.4 Å². The van der Waals surface area contributed by atoms with Crippen molar-refractivity contribution in [3.05, 3.63) is 29.6 Å². The van der Waals surface area contributed by atoms with E-state index in [1.165, 1.54) is 13.2 Å². The summed E-state index contributed by atoms with van der Waals surface area (Å²) >= 11 is 0. The molecule has 1 aromatic carbocycles. The third kappa shape index (κ3) is 2.51. The molecule has 2 N–H and O–H groups in total. The van der Waals surface area contributed by atoms with E-state index in [0.717, 1.165) is 0 Å². The van der Waals surface area contributed by atoms with Crippen LogP contribution in [0, 0.1) is 5.82 Å². The summed E-state index contributed by atoms with van der Waals surface area (Å²) < 4.78 is 23.8. The summed E-state index contributed by atoms with van der Waals surface area (Å²) in [6.07, 6.45) is 0.601. The Balaban J connectivity index is 3.10. The topological polar surface area (TPSA) is 44.5 Å². The van der Waals surface area contributed by atoms with Crippen LogP contribution < -0.4 is 10.5 Å². The molecule has 0 fully saturated rings. The van der Waals surface area contributed by atoms with Crippen molar-refractivity contribution in [2.45, 2.75) is 18.9 Å². The Morgan fingerprint density at radius 2 is 2.06 bits per heavy atom. The SMILES string of the molecule is CCC(N)(COC)c1ccc(OC)cc1F. The van der Waals surface area contributed by atoms with Gasteiger partial charge >= 0.3 is 0 Å². The first-order chi connectivity index (χ1) is 7.57. The highest BCUT2D eigenvalue weighted by atomic mass is 19.1. The predicted molar refractivity (Wildman–Crippen MR) is 61.0 cm³/mol. The molecule has 0 spiro atoms. The summed E-state index contributed by atoms with van der Waals surface area (Å²) in [5.74, 6) is 0.123. The largest absolute Gasteiger partial charge is 0.497 e. The van der Waals surface area contributed by atoms with Crippen LogP contribution in [0.25, 0.3) is 0 Å². The van der Waals surface area contributed by atoms with Gasteiger partial charge in [0.2, 0.25) is 0 Å². The maximum absolute atomic E-state index is 13.8. The summed E-state index contributed by atoms with van der Waals surface area (Å²) in [5, 5.41) is 0. The first-order valence-electron chi connectivity index (χ1n) is 5.19. The van der Waals surface area contributed by atoms with Crippen LogP contribution in [0.1, 0.15) is 18.9 Å². The molecule has 0 amide bonds. The van der Waals surface area contributed by atoms with Crippen LogP contribution in [0.5, 0.6) is 5.75 Å². The van der Waals surface area contributed by atoms with E-state index in [1.54, 1.807) is 19.2 Å². The van der Waals surface area contributed by atoms with E-state index >= 15 is 0 Å². The van der Waals surface area contributed by atoms with Crippen molar-refractivity contribution in [2.24, 2.45) is 5.73 Å². The number of rotatable bonds is 5. The van der Waals surface area contributed by atoms with Crippen LogP contribution in [-0.4, -0.2) is 20.8 Å². The molecule has 3 nitrogen and oxygen atoms in total. The Bertz CT molecular complexity index is 357. The lowest BCUT2D eigenvalue weighted by atomic mass is 9.88. The summed E-state index contributed by atoms with van der Waals surface area (Å²) in [5.41, 5.74) is 5.79. The minimum atomic E-state index is -0.787. The van der Waals surface area contributed by atoms with E-state index in [2.05, 4.69) is 0 Å². The van der Waals surface area contributed by atoms with E-state index < -0.39 is 5.54 Å². The second-order valence-electron chi connectivity index (χ2n) is 3.79. The van der Waals surface area contributed by atoms with Gasteiger partial charge in [-0.15, -0.1) is 0 Å². The molecular formula is C12H18FNO2. The average Bonchev–Trinajstić information content (AvgIpc) is 2.28. The van der Waals surface area contributed by atoms with Crippen LogP contribution in [0.2, 0.25) is 0 Å². The fourth-order valence-electron chi connectivity index (χ4n) is 1.65. The predicted octanol–water partition coefficient (Wildman–Crippen LogP) is 2.04. The monoisotopic (exact) mass is 227 g/mol. The fourth-order valence-corrected chi connectivity index (χ4v) is 1.65. The molecular weight excluding hydrogens is 209 g/mol. The highest BCUT2D eigenvalue weighted by Crippen LogP contribution is 2.27. The average molecular weight is 227 g/mol. The quantitative estimate of drug-likeness (QED) is 0.837. The van der Waals surface area contributed by atoms with Gasteiger partial charge in [0.15, 0.2) is 0 Å². The van der Waals surface area contributed by atoms with Crippen LogP contribution >= 0.6 is 0 Å². The van der Waals surface area contributed by atoms with Gasteiger partial charge < -0.3 is 15.2 Å². The van der Waals surface area contributed by atoms with Gasteiger partial charge in [-0.3, -0.25) is 0 Å². The number of benzene rings is 1. The van der Waals surface area contributed by atoms with E-state index in [4.69, 9.17) is 15.2 Å². The first-order valence-corrected chi connectivity index (χ1v) is 5.19. The normalized spacial score (nSPS) is 14.6. The Morgan fingerprint density at radius 3 is 2.50 bits per heavy atom. The molecule has 0 aliphatic heterocycles. The van der Waals surface area contributed by atoms with Crippen molar-refractivity contribution < 1.29 is 13.9 Å². The van der Waals surface area contributed by atoms with Crippen molar-refractivity contribution >= 4 is 0 Å². The zero-order valence-corrected chi connectivity index (χ0v) is 9.92. The smallest absolute Gasteiger partial charge is 0.132 e. The Morgan fingerprint density at radius 1 is 1.38 bits per heavy atom. The molecule has 90 valence electrons. The maximum atomic E-state index is 13.8. The van der Waals surface area contributed by atoms with E-state index in [1.807, 2.05) is 6.92 Å². The molecule has 1 aromatic rings. The minimum Gasteiger partial charge on any atom is -0.497 e. The van der Waals surface area contributed by atoms with Crippen molar-refractivity contribution in [1.29, 1.82) is 0 Å². The van der Waals surface area contributed by atoms with Gasteiger partial charge in [-0.25, -0.2) is 4.39 Å². The molecule has 4 heteroatoms. The third-order valence-corrected chi connectivity index (χ3v) is 2.75. The lowest BCUT2D eigenvalue weighted by Crippen LogP contribution is -2.41. The maximum Gasteiger partial charge on any atom is 0.132 e. The van der Waals surface area contributed by atoms with Crippen LogP contribution in [0.4, 0.5) is 4.39 Å². The molecule has 1 unspecified atom stereocenters. The molecule has 0 saturated heterocycles. The Kier molecular flexibility index (Phi) is 4.26. The number of hydrogen-bond acceptors (Lipinski definition) is 3. The van der Waals surface area contributed by atoms with Crippen molar-refractivity contribution in [2.75, 3.05) is 20.8 Å². The van der Waals surface area contributed by atoms with Crippen LogP contribution in [-0.2, 0) is 10.3 Å². The van der Waals surface area contributed by atoms with Crippen LogP contribution in [0.15, 0.2) is 18.2 Å². The molecule has 0 radical (unpaired) electrons. The van der Waals surface area contributed by atoms with Gasteiger partial charge in [-0.1, -0.05) is 13.0 Å². The van der Waals surface area contributed by atoms with Gasteiger partial charge in [0.1, 0.15) is 11.6 Å². The highest BCUT2D eigenvalue weighted by molar-refractivity contribution is 5.33. The van der Waals surface area contributed by atoms with Crippen molar-refractivity contribution in [3.63, 3.8) is 0 Å². The zero-order valence-electron chi connectivity index (χ0n) is 9.92. The molecule has 0 aliphatic carbocycles. The standard InChI is InChI=1S/C12H18FNO2/c1-4-12(14,8-15-2)10-6-5-9(16-3)7-11(10)13/h5-7H,4,8,14H2,1-3H3.